The highest BCUT2D eigenvalue weighted by atomic mass is 15.0. The first-order valence-electron chi connectivity index (χ1n) is 6.27. The highest BCUT2D eigenvalue weighted by Crippen LogP contribution is 2.32. The van der Waals surface area contributed by atoms with Gasteiger partial charge in [0.05, 0.1) is 0 Å². The molecular formula is C14H19N. The number of hydrogen-bond acceptors (Lipinski definition) is 1. The van der Waals surface area contributed by atoms with Crippen molar-refractivity contribution in [3.05, 3.63) is 35.4 Å². The molecule has 1 saturated carbocycles. The van der Waals surface area contributed by atoms with Crippen LogP contribution in [0.2, 0.25) is 0 Å². The summed E-state index contributed by atoms with van der Waals surface area (Å²) in [7, 11) is 0. The van der Waals surface area contributed by atoms with Gasteiger partial charge in [-0.25, -0.2) is 0 Å². The fourth-order valence-electron chi connectivity index (χ4n) is 3.11. The molecule has 15 heavy (non-hydrogen) atoms. The average molecular weight is 201 g/mol. The van der Waals surface area contributed by atoms with E-state index in [9.17, 15) is 0 Å². The van der Waals surface area contributed by atoms with E-state index in [-0.39, 0.29) is 0 Å². The molecule has 1 nitrogen and oxygen atoms in total. The minimum Gasteiger partial charge on any atom is -0.307 e. The second-order valence-electron chi connectivity index (χ2n) is 4.94. The zero-order valence-corrected chi connectivity index (χ0v) is 9.21. The Morgan fingerprint density at radius 2 is 1.80 bits per heavy atom. The molecule has 0 aliphatic heterocycles. The summed E-state index contributed by atoms with van der Waals surface area (Å²) in [4.78, 5) is 0. The zero-order valence-electron chi connectivity index (χ0n) is 9.21. The number of nitrogens with one attached hydrogen (secondary N) is 1. The zero-order chi connectivity index (χ0) is 10.1. The maximum Gasteiger partial charge on any atom is 0.0328 e. The van der Waals surface area contributed by atoms with Crippen LogP contribution in [0, 0.1) is 0 Å². The van der Waals surface area contributed by atoms with Crippen LogP contribution in [0.4, 0.5) is 0 Å². The molecule has 1 unspecified atom stereocenters. The van der Waals surface area contributed by atoms with Gasteiger partial charge in [0.15, 0.2) is 0 Å². The van der Waals surface area contributed by atoms with Crippen molar-refractivity contribution in [3.8, 4) is 0 Å². The molecule has 1 N–H and O–H groups in total. The lowest BCUT2D eigenvalue weighted by Gasteiger charge is -2.19. The summed E-state index contributed by atoms with van der Waals surface area (Å²) in [5.41, 5.74) is 3.12. The van der Waals surface area contributed by atoms with E-state index < -0.39 is 0 Å². The van der Waals surface area contributed by atoms with E-state index in [2.05, 4.69) is 29.6 Å². The molecule has 0 bridgehead atoms. The van der Waals surface area contributed by atoms with E-state index in [1.807, 2.05) is 0 Å². The quantitative estimate of drug-likeness (QED) is 0.774. The first kappa shape index (κ1) is 9.41. The molecule has 0 spiro atoms. The first-order chi connectivity index (χ1) is 7.43. The topological polar surface area (TPSA) is 12.0 Å². The smallest absolute Gasteiger partial charge is 0.0328 e. The van der Waals surface area contributed by atoms with Crippen LogP contribution in [0.5, 0.6) is 0 Å². The van der Waals surface area contributed by atoms with Crippen LogP contribution >= 0.6 is 0 Å². The molecule has 0 aromatic heterocycles. The molecule has 0 heterocycles. The van der Waals surface area contributed by atoms with Crippen molar-refractivity contribution in [2.24, 2.45) is 0 Å². The Morgan fingerprint density at radius 3 is 2.67 bits per heavy atom. The van der Waals surface area contributed by atoms with E-state index in [4.69, 9.17) is 0 Å². The predicted octanol–water partition coefficient (Wildman–Crippen LogP) is 3.21. The van der Waals surface area contributed by atoms with Crippen molar-refractivity contribution in [3.63, 3.8) is 0 Å². The summed E-state index contributed by atoms with van der Waals surface area (Å²) in [6, 6.07) is 10.4. The second kappa shape index (κ2) is 3.97. The van der Waals surface area contributed by atoms with Crippen molar-refractivity contribution in [2.45, 2.75) is 50.6 Å². The van der Waals surface area contributed by atoms with Crippen LogP contribution < -0.4 is 5.32 Å². The number of fused-ring (bicyclic) bond motifs is 1. The van der Waals surface area contributed by atoms with Crippen molar-refractivity contribution >= 4 is 0 Å². The van der Waals surface area contributed by atoms with Crippen molar-refractivity contribution in [1.29, 1.82) is 0 Å². The Labute approximate surface area is 91.9 Å². The highest BCUT2D eigenvalue weighted by molar-refractivity contribution is 5.34. The lowest BCUT2D eigenvalue weighted by atomic mass is 10.1. The molecule has 1 heteroatoms. The van der Waals surface area contributed by atoms with Gasteiger partial charge in [-0.1, -0.05) is 37.1 Å². The summed E-state index contributed by atoms with van der Waals surface area (Å²) >= 11 is 0. The fraction of sp³-hybridized carbons (Fsp3) is 0.571. The third kappa shape index (κ3) is 1.81. The van der Waals surface area contributed by atoms with Crippen LogP contribution in [0.3, 0.4) is 0 Å². The molecule has 1 aromatic carbocycles. The summed E-state index contributed by atoms with van der Waals surface area (Å²) in [5, 5.41) is 3.83. The average Bonchev–Trinajstić information content (AvgIpc) is 2.89. The van der Waals surface area contributed by atoms with Gasteiger partial charge in [-0.2, -0.15) is 0 Å². The van der Waals surface area contributed by atoms with E-state index >= 15 is 0 Å². The lowest BCUT2D eigenvalue weighted by Crippen LogP contribution is -2.29. The molecule has 2 aliphatic carbocycles. The number of benzene rings is 1. The van der Waals surface area contributed by atoms with Gasteiger partial charge < -0.3 is 5.32 Å². The van der Waals surface area contributed by atoms with E-state index in [0.717, 1.165) is 6.04 Å². The van der Waals surface area contributed by atoms with Crippen LogP contribution in [-0.2, 0) is 6.42 Å². The Morgan fingerprint density at radius 1 is 1.00 bits per heavy atom. The standard InChI is InChI=1S/C14H19N/c1-4-8-13-11(5-1)9-10-14(13)15-12-6-2-3-7-12/h1,4-5,8,12,14-15H,2-3,6-7,9-10H2. The molecule has 80 valence electrons. The molecule has 0 saturated heterocycles. The van der Waals surface area contributed by atoms with Gasteiger partial charge in [-0.15, -0.1) is 0 Å². The molecular weight excluding hydrogens is 182 g/mol. The normalized spacial score (nSPS) is 25.7. The Hall–Kier alpha value is -0.820. The lowest BCUT2D eigenvalue weighted by molar-refractivity contribution is 0.438. The van der Waals surface area contributed by atoms with E-state index in [0.29, 0.717) is 6.04 Å². The Balaban J connectivity index is 1.73. The van der Waals surface area contributed by atoms with Crippen molar-refractivity contribution < 1.29 is 0 Å². The third-order valence-electron chi connectivity index (χ3n) is 3.92. The molecule has 1 atom stereocenters. The molecule has 1 fully saturated rings. The summed E-state index contributed by atoms with van der Waals surface area (Å²) < 4.78 is 0. The molecule has 3 rings (SSSR count). The highest BCUT2D eigenvalue weighted by Gasteiger charge is 2.25. The van der Waals surface area contributed by atoms with Gasteiger partial charge in [0.1, 0.15) is 0 Å². The third-order valence-corrected chi connectivity index (χ3v) is 3.92. The van der Waals surface area contributed by atoms with Gasteiger partial charge in [0.2, 0.25) is 0 Å². The SMILES string of the molecule is c1ccc2c(c1)CCC2NC1CCCC1. The summed E-state index contributed by atoms with van der Waals surface area (Å²) in [6.45, 7) is 0. The summed E-state index contributed by atoms with van der Waals surface area (Å²) in [6.07, 6.45) is 8.19. The van der Waals surface area contributed by atoms with Crippen LogP contribution in [0.25, 0.3) is 0 Å². The number of hydrogen-bond donors (Lipinski definition) is 1. The summed E-state index contributed by atoms with van der Waals surface area (Å²) in [5.74, 6) is 0. The number of aryl methyl sites for hydroxylation is 1. The van der Waals surface area contributed by atoms with Gasteiger partial charge in [-0.3, -0.25) is 0 Å². The Kier molecular flexibility index (Phi) is 2.49. The van der Waals surface area contributed by atoms with Crippen molar-refractivity contribution in [1.82, 2.24) is 5.32 Å². The second-order valence-corrected chi connectivity index (χ2v) is 4.94. The number of rotatable bonds is 2. The van der Waals surface area contributed by atoms with Gasteiger partial charge in [-0.05, 0) is 36.8 Å². The minimum absolute atomic E-state index is 0.643. The van der Waals surface area contributed by atoms with Gasteiger partial charge >= 0.3 is 0 Å². The molecule has 0 radical (unpaired) electrons. The monoisotopic (exact) mass is 201 g/mol. The van der Waals surface area contributed by atoms with Crippen molar-refractivity contribution in [2.75, 3.05) is 0 Å². The fourth-order valence-corrected chi connectivity index (χ4v) is 3.11. The molecule has 2 aliphatic rings. The first-order valence-corrected chi connectivity index (χ1v) is 6.27. The van der Waals surface area contributed by atoms with Crippen LogP contribution in [-0.4, -0.2) is 6.04 Å². The largest absolute Gasteiger partial charge is 0.307 e. The van der Waals surface area contributed by atoms with E-state index in [1.165, 1.54) is 38.5 Å². The minimum atomic E-state index is 0.643. The maximum atomic E-state index is 3.83. The molecule has 0 amide bonds. The molecule has 1 aromatic rings. The Bertz CT molecular complexity index is 339. The van der Waals surface area contributed by atoms with E-state index in [1.54, 1.807) is 11.1 Å². The van der Waals surface area contributed by atoms with Crippen LogP contribution in [0.15, 0.2) is 24.3 Å². The predicted molar refractivity (Wildman–Crippen MR) is 62.9 cm³/mol. The van der Waals surface area contributed by atoms with Crippen LogP contribution in [0.1, 0.15) is 49.3 Å². The maximum absolute atomic E-state index is 3.83. The van der Waals surface area contributed by atoms with Gasteiger partial charge in [0.25, 0.3) is 0 Å². The van der Waals surface area contributed by atoms with Gasteiger partial charge in [0, 0.05) is 12.1 Å².